The molecule has 154 valence electrons. The van der Waals surface area contributed by atoms with E-state index in [2.05, 4.69) is 22.8 Å². The average Bonchev–Trinajstić information content (AvgIpc) is 3.49. The number of amides is 2. The van der Waals surface area contributed by atoms with Crippen LogP contribution in [0.4, 0.5) is 5.69 Å². The van der Waals surface area contributed by atoms with E-state index < -0.39 is 0 Å². The third kappa shape index (κ3) is 3.84. The van der Waals surface area contributed by atoms with Gasteiger partial charge in [0.1, 0.15) is 5.58 Å². The number of hydrogen-bond donors (Lipinski definition) is 2. The van der Waals surface area contributed by atoms with Crippen molar-refractivity contribution >= 4 is 28.5 Å². The van der Waals surface area contributed by atoms with Gasteiger partial charge in [-0.15, -0.1) is 0 Å². The van der Waals surface area contributed by atoms with Crippen LogP contribution in [0.5, 0.6) is 0 Å². The van der Waals surface area contributed by atoms with Crippen LogP contribution in [0.3, 0.4) is 0 Å². The van der Waals surface area contributed by atoms with Crippen molar-refractivity contribution in [1.82, 2.24) is 5.32 Å². The highest BCUT2D eigenvalue weighted by atomic mass is 16.3. The van der Waals surface area contributed by atoms with Crippen LogP contribution in [-0.4, -0.2) is 17.9 Å². The Balaban J connectivity index is 1.22. The van der Waals surface area contributed by atoms with E-state index in [9.17, 15) is 9.59 Å². The van der Waals surface area contributed by atoms with E-state index >= 15 is 0 Å². The van der Waals surface area contributed by atoms with Crippen molar-refractivity contribution in [2.24, 2.45) is 0 Å². The first kappa shape index (κ1) is 18.9. The third-order valence-corrected chi connectivity index (χ3v) is 6.34. The molecular weight excluding hydrogens is 376 g/mol. The molecule has 2 aromatic carbocycles. The quantitative estimate of drug-likeness (QED) is 0.645. The van der Waals surface area contributed by atoms with Crippen LogP contribution >= 0.6 is 0 Å². The van der Waals surface area contributed by atoms with Crippen molar-refractivity contribution in [2.75, 3.05) is 5.32 Å². The van der Waals surface area contributed by atoms with Crippen LogP contribution in [0.25, 0.3) is 11.0 Å². The molecule has 2 aliphatic rings. The van der Waals surface area contributed by atoms with Gasteiger partial charge in [0.15, 0.2) is 0 Å². The standard InChI is InChI=1S/C25H26N2O3/c28-24(14-19-15-30-23-13-18-5-3-4-17(18)12-22(19)23)26-21-10-8-16(9-11-21)25(29)27-20-6-1-2-7-20/h8-13,15,20H,1-7,14H2,(H,26,28)(H,27,29). The summed E-state index contributed by atoms with van der Waals surface area (Å²) in [7, 11) is 0. The van der Waals surface area contributed by atoms with Crippen molar-refractivity contribution in [3.63, 3.8) is 0 Å². The highest BCUT2D eigenvalue weighted by Crippen LogP contribution is 2.30. The van der Waals surface area contributed by atoms with Crippen molar-refractivity contribution in [2.45, 2.75) is 57.4 Å². The molecule has 0 radical (unpaired) electrons. The molecular formula is C25H26N2O3. The topological polar surface area (TPSA) is 71.3 Å². The minimum absolute atomic E-state index is 0.0443. The SMILES string of the molecule is O=C(Cc1coc2cc3c(cc12)CCC3)Nc1ccc(C(=O)NC2CCCC2)cc1. The Morgan fingerprint density at radius 3 is 2.47 bits per heavy atom. The minimum atomic E-state index is -0.0960. The first-order valence-electron chi connectivity index (χ1n) is 10.9. The summed E-state index contributed by atoms with van der Waals surface area (Å²) in [6.07, 6.45) is 9.84. The second kappa shape index (κ2) is 7.98. The highest BCUT2D eigenvalue weighted by molar-refractivity contribution is 5.97. The van der Waals surface area contributed by atoms with E-state index in [-0.39, 0.29) is 18.2 Å². The van der Waals surface area contributed by atoms with Gasteiger partial charge >= 0.3 is 0 Å². The molecule has 5 rings (SSSR count). The van der Waals surface area contributed by atoms with Gasteiger partial charge < -0.3 is 15.1 Å². The summed E-state index contributed by atoms with van der Waals surface area (Å²) in [5.74, 6) is -0.140. The summed E-state index contributed by atoms with van der Waals surface area (Å²) in [4.78, 5) is 24.9. The Bertz CT molecular complexity index is 1090. The summed E-state index contributed by atoms with van der Waals surface area (Å²) in [5, 5.41) is 7.04. The fourth-order valence-electron chi connectivity index (χ4n) is 4.71. The molecule has 0 atom stereocenters. The first-order valence-corrected chi connectivity index (χ1v) is 10.9. The van der Waals surface area contributed by atoms with Crippen LogP contribution < -0.4 is 10.6 Å². The number of benzene rings is 2. The number of carbonyl (C=O) groups excluding carboxylic acids is 2. The predicted molar refractivity (Wildman–Crippen MR) is 117 cm³/mol. The number of nitrogens with one attached hydrogen (secondary N) is 2. The lowest BCUT2D eigenvalue weighted by Gasteiger charge is -2.12. The summed E-state index contributed by atoms with van der Waals surface area (Å²) < 4.78 is 5.70. The van der Waals surface area contributed by atoms with Crippen molar-refractivity contribution in [3.8, 4) is 0 Å². The average molecular weight is 402 g/mol. The van der Waals surface area contributed by atoms with Gasteiger partial charge in [0.05, 0.1) is 12.7 Å². The number of furan rings is 1. The maximum atomic E-state index is 12.6. The van der Waals surface area contributed by atoms with E-state index in [1.165, 1.54) is 30.4 Å². The van der Waals surface area contributed by atoms with Gasteiger partial charge in [-0.2, -0.15) is 0 Å². The molecule has 1 heterocycles. The second-order valence-electron chi connectivity index (χ2n) is 8.49. The highest BCUT2D eigenvalue weighted by Gasteiger charge is 2.19. The molecule has 5 heteroatoms. The number of aryl methyl sites for hydroxylation is 2. The molecule has 3 aromatic rings. The van der Waals surface area contributed by atoms with Gasteiger partial charge in [-0.25, -0.2) is 0 Å². The summed E-state index contributed by atoms with van der Waals surface area (Å²) in [6.45, 7) is 0. The fourth-order valence-corrected chi connectivity index (χ4v) is 4.71. The van der Waals surface area contributed by atoms with Gasteiger partial charge in [-0.05, 0) is 79.6 Å². The molecule has 1 saturated carbocycles. The fraction of sp³-hybridized carbons (Fsp3) is 0.360. The Morgan fingerprint density at radius 1 is 0.967 bits per heavy atom. The van der Waals surface area contributed by atoms with Gasteiger partial charge in [-0.1, -0.05) is 12.8 Å². The zero-order chi connectivity index (χ0) is 20.5. The Labute approximate surface area is 175 Å². The maximum Gasteiger partial charge on any atom is 0.251 e. The Kier molecular flexibility index (Phi) is 5.03. The number of rotatable bonds is 5. The molecule has 0 spiro atoms. The summed E-state index contributed by atoms with van der Waals surface area (Å²) in [5.41, 5.74) is 5.81. The van der Waals surface area contributed by atoms with Gasteiger partial charge in [0.25, 0.3) is 5.91 Å². The molecule has 5 nitrogen and oxygen atoms in total. The molecule has 2 aliphatic carbocycles. The monoisotopic (exact) mass is 402 g/mol. The normalized spacial score (nSPS) is 16.0. The second-order valence-corrected chi connectivity index (χ2v) is 8.49. The van der Waals surface area contributed by atoms with Crippen molar-refractivity contribution < 1.29 is 14.0 Å². The minimum Gasteiger partial charge on any atom is -0.464 e. The van der Waals surface area contributed by atoms with Crippen LogP contribution in [0.15, 0.2) is 47.1 Å². The zero-order valence-electron chi connectivity index (χ0n) is 17.0. The molecule has 2 amide bonds. The Hall–Kier alpha value is -3.08. The molecule has 0 saturated heterocycles. The molecule has 0 aliphatic heterocycles. The van der Waals surface area contributed by atoms with Crippen LogP contribution in [0.1, 0.15) is 59.2 Å². The predicted octanol–water partition coefficient (Wildman–Crippen LogP) is 4.78. The molecule has 0 unspecified atom stereocenters. The first-order chi connectivity index (χ1) is 14.7. The van der Waals surface area contributed by atoms with Crippen molar-refractivity contribution in [1.29, 1.82) is 0 Å². The van der Waals surface area contributed by atoms with E-state index in [1.54, 1.807) is 30.5 Å². The lowest BCUT2D eigenvalue weighted by Crippen LogP contribution is -2.32. The zero-order valence-corrected chi connectivity index (χ0v) is 17.0. The van der Waals surface area contributed by atoms with E-state index in [0.717, 1.165) is 42.2 Å². The number of fused-ring (bicyclic) bond motifs is 2. The number of carbonyl (C=O) groups is 2. The van der Waals surface area contributed by atoms with Gasteiger partial charge in [0.2, 0.25) is 5.91 Å². The van der Waals surface area contributed by atoms with Crippen LogP contribution in [0, 0.1) is 0 Å². The van der Waals surface area contributed by atoms with E-state index in [4.69, 9.17) is 4.42 Å². The van der Waals surface area contributed by atoms with Crippen molar-refractivity contribution in [3.05, 3.63) is 64.9 Å². The van der Waals surface area contributed by atoms with Gasteiger partial charge in [0, 0.05) is 28.2 Å². The lowest BCUT2D eigenvalue weighted by atomic mass is 10.0. The van der Waals surface area contributed by atoms with Crippen LogP contribution in [-0.2, 0) is 24.1 Å². The van der Waals surface area contributed by atoms with E-state index in [0.29, 0.717) is 17.3 Å². The maximum absolute atomic E-state index is 12.6. The smallest absolute Gasteiger partial charge is 0.251 e. The van der Waals surface area contributed by atoms with Gasteiger partial charge in [-0.3, -0.25) is 9.59 Å². The largest absolute Gasteiger partial charge is 0.464 e. The Morgan fingerprint density at radius 2 is 1.70 bits per heavy atom. The van der Waals surface area contributed by atoms with Crippen LogP contribution in [0.2, 0.25) is 0 Å². The third-order valence-electron chi connectivity index (χ3n) is 6.34. The molecule has 0 bridgehead atoms. The molecule has 30 heavy (non-hydrogen) atoms. The summed E-state index contributed by atoms with van der Waals surface area (Å²) in [6, 6.07) is 11.7. The molecule has 1 fully saturated rings. The lowest BCUT2D eigenvalue weighted by molar-refractivity contribution is -0.115. The molecule has 1 aromatic heterocycles. The number of anilines is 1. The number of hydrogen-bond acceptors (Lipinski definition) is 3. The molecule has 2 N–H and O–H groups in total. The summed E-state index contributed by atoms with van der Waals surface area (Å²) >= 11 is 0. The van der Waals surface area contributed by atoms with E-state index in [1.807, 2.05) is 0 Å².